The first kappa shape index (κ1) is 15.9. The number of aliphatic hydroxyl groups excluding tert-OH is 1. The van der Waals surface area contributed by atoms with E-state index in [-0.39, 0.29) is 6.61 Å². The van der Waals surface area contributed by atoms with Crippen molar-refractivity contribution in [2.24, 2.45) is 0 Å². The van der Waals surface area contributed by atoms with Gasteiger partial charge in [0.05, 0.1) is 0 Å². The predicted octanol–water partition coefficient (Wildman–Crippen LogP) is 2.67. The average Bonchev–Trinajstić information content (AvgIpc) is 2.54. The molecule has 0 aliphatic heterocycles. The van der Waals surface area contributed by atoms with Gasteiger partial charge in [0.1, 0.15) is 19.0 Å². The largest absolute Gasteiger partial charge is 0.492 e. The number of hydrogen-bond donors (Lipinski definition) is 1. The summed E-state index contributed by atoms with van der Waals surface area (Å²) in [7, 11) is 2.20. The van der Waals surface area contributed by atoms with Crippen LogP contribution in [0.2, 0.25) is 0 Å². The number of benzene rings is 1. The number of likely N-dealkylation sites (N-methyl/N-ethyl adjacent to an activating group) is 1. The Morgan fingerprint density at radius 2 is 2.10 bits per heavy atom. The summed E-state index contributed by atoms with van der Waals surface area (Å²) in [5.74, 6) is 6.39. The number of hydrogen-bond acceptors (Lipinski definition) is 3. The Kier molecular flexibility index (Phi) is 6.59. The average molecular weight is 287 g/mol. The van der Waals surface area contributed by atoms with Crippen LogP contribution in [-0.4, -0.2) is 42.9 Å². The molecular weight excluding hydrogens is 262 g/mol. The third kappa shape index (κ3) is 5.41. The van der Waals surface area contributed by atoms with E-state index < -0.39 is 0 Å². The zero-order valence-corrected chi connectivity index (χ0v) is 12.8. The highest BCUT2D eigenvalue weighted by molar-refractivity contribution is 5.39. The fourth-order valence-electron chi connectivity index (χ4n) is 2.82. The lowest BCUT2D eigenvalue weighted by atomic mass is 9.94. The highest BCUT2D eigenvalue weighted by Crippen LogP contribution is 2.21. The lowest BCUT2D eigenvalue weighted by Crippen LogP contribution is -2.36. The van der Waals surface area contributed by atoms with Crippen LogP contribution in [-0.2, 0) is 0 Å². The molecule has 1 aliphatic carbocycles. The molecule has 3 heteroatoms. The molecule has 1 fully saturated rings. The minimum absolute atomic E-state index is 0.114. The van der Waals surface area contributed by atoms with Crippen molar-refractivity contribution in [2.45, 2.75) is 38.1 Å². The molecule has 21 heavy (non-hydrogen) atoms. The molecule has 1 aliphatic rings. The summed E-state index contributed by atoms with van der Waals surface area (Å²) in [4.78, 5) is 2.43. The molecule has 3 nitrogen and oxygen atoms in total. The van der Waals surface area contributed by atoms with E-state index in [1.54, 1.807) is 0 Å². The second kappa shape index (κ2) is 8.71. The SMILES string of the molecule is CN(CCOc1cccc(C#CCO)c1)C1CCCCC1. The summed E-state index contributed by atoms with van der Waals surface area (Å²) in [6, 6.07) is 8.45. The Bertz CT molecular complexity index is 483. The minimum Gasteiger partial charge on any atom is -0.492 e. The van der Waals surface area contributed by atoms with E-state index in [1.165, 1.54) is 32.1 Å². The normalized spacial score (nSPS) is 15.6. The lowest BCUT2D eigenvalue weighted by Gasteiger charge is -2.31. The van der Waals surface area contributed by atoms with Gasteiger partial charge in [0.25, 0.3) is 0 Å². The molecule has 114 valence electrons. The molecule has 0 heterocycles. The van der Waals surface area contributed by atoms with Gasteiger partial charge in [0, 0.05) is 18.2 Å². The minimum atomic E-state index is -0.114. The van der Waals surface area contributed by atoms with Gasteiger partial charge in [-0.25, -0.2) is 0 Å². The van der Waals surface area contributed by atoms with E-state index >= 15 is 0 Å². The van der Waals surface area contributed by atoms with E-state index in [4.69, 9.17) is 9.84 Å². The topological polar surface area (TPSA) is 32.7 Å². The summed E-state index contributed by atoms with van der Waals surface area (Å²) in [5, 5.41) is 8.71. The predicted molar refractivity (Wildman–Crippen MR) is 85.4 cm³/mol. The Morgan fingerprint density at radius 1 is 1.29 bits per heavy atom. The highest BCUT2D eigenvalue weighted by atomic mass is 16.5. The van der Waals surface area contributed by atoms with Crippen LogP contribution in [0.15, 0.2) is 24.3 Å². The van der Waals surface area contributed by atoms with E-state index in [1.807, 2.05) is 24.3 Å². The molecule has 0 saturated heterocycles. The Morgan fingerprint density at radius 3 is 2.86 bits per heavy atom. The summed E-state index contributed by atoms with van der Waals surface area (Å²) in [5.41, 5.74) is 0.877. The Hall–Kier alpha value is -1.50. The van der Waals surface area contributed by atoms with Crippen LogP contribution in [0.5, 0.6) is 5.75 Å². The van der Waals surface area contributed by atoms with Crippen LogP contribution in [0.25, 0.3) is 0 Å². The molecule has 0 unspecified atom stereocenters. The van der Waals surface area contributed by atoms with Gasteiger partial charge in [0.2, 0.25) is 0 Å². The molecule has 0 amide bonds. The molecular formula is C18H25NO2. The zero-order chi connectivity index (χ0) is 14.9. The van der Waals surface area contributed by atoms with Crippen molar-refractivity contribution in [2.75, 3.05) is 26.8 Å². The van der Waals surface area contributed by atoms with Gasteiger partial charge < -0.3 is 14.7 Å². The van der Waals surface area contributed by atoms with Crippen molar-refractivity contribution in [3.63, 3.8) is 0 Å². The molecule has 0 atom stereocenters. The van der Waals surface area contributed by atoms with Crippen molar-refractivity contribution in [3.8, 4) is 17.6 Å². The maximum Gasteiger partial charge on any atom is 0.120 e. The van der Waals surface area contributed by atoms with Gasteiger partial charge in [-0.1, -0.05) is 37.2 Å². The van der Waals surface area contributed by atoms with Crippen LogP contribution in [0.4, 0.5) is 0 Å². The van der Waals surface area contributed by atoms with E-state index in [2.05, 4.69) is 23.8 Å². The summed E-state index contributed by atoms with van der Waals surface area (Å²) in [6.45, 7) is 1.54. The zero-order valence-electron chi connectivity index (χ0n) is 12.8. The third-order valence-electron chi connectivity index (χ3n) is 4.06. The van der Waals surface area contributed by atoms with Crippen LogP contribution < -0.4 is 4.74 Å². The van der Waals surface area contributed by atoms with Gasteiger partial charge >= 0.3 is 0 Å². The molecule has 1 aromatic carbocycles. The monoisotopic (exact) mass is 287 g/mol. The maximum absolute atomic E-state index is 8.71. The number of nitrogens with zero attached hydrogens (tertiary/aromatic N) is 1. The highest BCUT2D eigenvalue weighted by Gasteiger charge is 2.17. The van der Waals surface area contributed by atoms with Crippen LogP contribution in [0.3, 0.4) is 0 Å². The standard InChI is InChI=1S/C18H25NO2/c1-19(17-9-3-2-4-10-17)12-14-21-18-11-5-7-16(15-18)8-6-13-20/h5,7,11,15,17,20H,2-4,9-10,12-14H2,1H3. The van der Waals surface area contributed by atoms with Crippen molar-refractivity contribution in [3.05, 3.63) is 29.8 Å². The quantitative estimate of drug-likeness (QED) is 0.845. The smallest absolute Gasteiger partial charge is 0.120 e. The van der Waals surface area contributed by atoms with Gasteiger partial charge in [-0.3, -0.25) is 0 Å². The van der Waals surface area contributed by atoms with Crippen LogP contribution in [0, 0.1) is 11.8 Å². The molecule has 1 N–H and O–H groups in total. The van der Waals surface area contributed by atoms with Crippen molar-refractivity contribution in [1.82, 2.24) is 4.90 Å². The van der Waals surface area contributed by atoms with Gasteiger partial charge in [-0.2, -0.15) is 0 Å². The van der Waals surface area contributed by atoms with E-state index in [0.29, 0.717) is 6.61 Å². The second-order valence-corrected chi connectivity index (χ2v) is 5.61. The molecule has 2 rings (SSSR count). The summed E-state index contributed by atoms with van der Waals surface area (Å²) < 4.78 is 5.82. The maximum atomic E-state index is 8.71. The number of aliphatic hydroxyl groups is 1. The molecule has 1 saturated carbocycles. The first-order valence-corrected chi connectivity index (χ1v) is 7.82. The molecule has 0 aromatic heterocycles. The lowest BCUT2D eigenvalue weighted by molar-refractivity contribution is 0.160. The van der Waals surface area contributed by atoms with Gasteiger partial charge in [-0.15, -0.1) is 0 Å². The molecule has 1 aromatic rings. The Balaban J connectivity index is 1.77. The molecule has 0 radical (unpaired) electrons. The summed E-state index contributed by atoms with van der Waals surface area (Å²) >= 11 is 0. The van der Waals surface area contributed by atoms with Crippen LogP contribution >= 0.6 is 0 Å². The number of rotatable bonds is 5. The van der Waals surface area contributed by atoms with Crippen molar-refractivity contribution < 1.29 is 9.84 Å². The fourth-order valence-corrected chi connectivity index (χ4v) is 2.82. The first-order valence-electron chi connectivity index (χ1n) is 7.82. The van der Waals surface area contributed by atoms with Gasteiger partial charge in [-0.05, 0) is 38.1 Å². The first-order chi connectivity index (χ1) is 10.3. The van der Waals surface area contributed by atoms with Crippen LogP contribution in [0.1, 0.15) is 37.7 Å². The van der Waals surface area contributed by atoms with E-state index in [9.17, 15) is 0 Å². The van der Waals surface area contributed by atoms with Crippen molar-refractivity contribution in [1.29, 1.82) is 0 Å². The van der Waals surface area contributed by atoms with Gasteiger partial charge in [0.15, 0.2) is 0 Å². The molecule has 0 spiro atoms. The van der Waals surface area contributed by atoms with E-state index in [0.717, 1.165) is 23.9 Å². The second-order valence-electron chi connectivity index (χ2n) is 5.61. The molecule has 0 bridgehead atoms. The number of ether oxygens (including phenoxy) is 1. The van der Waals surface area contributed by atoms with Crippen molar-refractivity contribution >= 4 is 0 Å². The summed E-state index contributed by atoms with van der Waals surface area (Å²) in [6.07, 6.45) is 6.76. The fraction of sp³-hybridized carbons (Fsp3) is 0.556. The Labute approximate surface area is 127 Å². The third-order valence-corrected chi connectivity index (χ3v) is 4.06.